The maximum absolute atomic E-state index is 12.7. The van der Waals surface area contributed by atoms with Crippen molar-refractivity contribution in [1.29, 1.82) is 0 Å². The van der Waals surface area contributed by atoms with Crippen LogP contribution in [-0.2, 0) is 20.3 Å². The van der Waals surface area contributed by atoms with Crippen LogP contribution in [0.4, 0.5) is 0 Å². The highest BCUT2D eigenvalue weighted by atomic mass is 32.2. The standard InChI is InChI=1S/C16H20O3S/c1-11-7-9-13(10-8-11)20(18)15-6-4-5-14(15)12(2)16(17)19-3/h6-10,12,14H,4-5H2,1-3H3/t12-,14+,20?/m0/s1. The molecule has 20 heavy (non-hydrogen) atoms. The number of ether oxygens (including phenoxy) is 1. The molecule has 2 rings (SSSR count). The number of aryl methyl sites for hydroxylation is 1. The third-order valence-electron chi connectivity index (χ3n) is 3.81. The van der Waals surface area contributed by atoms with Crippen LogP contribution >= 0.6 is 0 Å². The van der Waals surface area contributed by atoms with E-state index in [-0.39, 0.29) is 17.8 Å². The van der Waals surface area contributed by atoms with E-state index in [4.69, 9.17) is 4.74 Å². The average molecular weight is 292 g/mol. The molecule has 3 atom stereocenters. The van der Waals surface area contributed by atoms with Gasteiger partial charge in [0.25, 0.3) is 0 Å². The van der Waals surface area contributed by atoms with E-state index in [1.807, 2.05) is 44.2 Å². The summed E-state index contributed by atoms with van der Waals surface area (Å²) < 4.78 is 17.5. The Hall–Kier alpha value is -1.42. The van der Waals surface area contributed by atoms with Gasteiger partial charge in [0.1, 0.15) is 0 Å². The van der Waals surface area contributed by atoms with E-state index in [0.29, 0.717) is 0 Å². The van der Waals surface area contributed by atoms with E-state index >= 15 is 0 Å². The molecule has 0 fully saturated rings. The van der Waals surface area contributed by atoms with Crippen molar-refractivity contribution in [2.75, 3.05) is 7.11 Å². The fourth-order valence-corrected chi connectivity index (χ4v) is 4.08. The monoisotopic (exact) mass is 292 g/mol. The number of rotatable bonds is 4. The molecule has 0 spiro atoms. The van der Waals surface area contributed by atoms with Gasteiger partial charge >= 0.3 is 5.97 Å². The van der Waals surface area contributed by atoms with Gasteiger partial charge in [0.2, 0.25) is 0 Å². The highest BCUT2D eigenvalue weighted by Crippen LogP contribution is 2.36. The molecule has 1 aromatic rings. The minimum atomic E-state index is -1.18. The van der Waals surface area contributed by atoms with Gasteiger partial charge in [-0.1, -0.05) is 30.7 Å². The van der Waals surface area contributed by atoms with Gasteiger partial charge in [-0.3, -0.25) is 4.79 Å². The lowest BCUT2D eigenvalue weighted by molar-refractivity contribution is -0.146. The smallest absolute Gasteiger partial charge is 0.309 e. The molecule has 0 N–H and O–H groups in total. The van der Waals surface area contributed by atoms with Gasteiger partial charge in [-0.05, 0) is 31.9 Å². The molecular weight excluding hydrogens is 272 g/mol. The van der Waals surface area contributed by atoms with Crippen molar-refractivity contribution < 1.29 is 13.7 Å². The van der Waals surface area contributed by atoms with E-state index in [1.165, 1.54) is 7.11 Å². The summed E-state index contributed by atoms with van der Waals surface area (Å²) in [5.41, 5.74) is 1.14. The topological polar surface area (TPSA) is 43.4 Å². The van der Waals surface area contributed by atoms with Gasteiger partial charge in [0.15, 0.2) is 0 Å². The number of carbonyl (C=O) groups excluding carboxylic acids is 1. The molecule has 1 aliphatic carbocycles. The van der Waals surface area contributed by atoms with Crippen LogP contribution < -0.4 is 0 Å². The Balaban J connectivity index is 2.20. The zero-order valence-electron chi connectivity index (χ0n) is 12.1. The normalized spacial score (nSPS) is 21.1. The summed E-state index contributed by atoms with van der Waals surface area (Å²) in [7, 11) is 0.214. The second kappa shape index (κ2) is 6.35. The van der Waals surface area contributed by atoms with Crippen molar-refractivity contribution >= 4 is 16.8 Å². The second-order valence-corrected chi connectivity index (χ2v) is 6.66. The summed E-state index contributed by atoms with van der Waals surface area (Å²) in [4.78, 5) is 13.4. The zero-order valence-corrected chi connectivity index (χ0v) is 12.9. The van der Waals surface area contributed by atoms with E-state index in [1.54, 1.807) is 0 Å². The average Bonchev–Trinajstić information content (AvgIpc) is 2.95. The molecule has 0 saturated carbocycles. The fourth-order valence-electron chi connectivity index (χ4n) is 2.56. The van der Waals surface area contributed by atoms with Crippen molar-refractivity contribution in [1.82, 2.24) is 0 Å². The van der Waals surface area contributed by atoms with Crippen LogP contribution in [0.5, 0.6) is 0 Å². The second-order valence-electron chi connectivity index (χ2n) is 5.18. The predicted molar refractivity (Wildman–Crippen MR) is 79.6 cm³/mol. The Labute approximate surface area is 122 Å². The summed E-state index contributed by atoms with van der Waals surface area (Å²) >= 11 is 0. The third-order valence-corrected chi connectivity index (χ3v) is 5.41. The van der Waals surface area contributed by atoms with Crippen molar-refractivity contribution in [2.45, 2.75) is 31.6 Å². The van der Waals surface area contributed by atoms with Crippen molar-refractivity contribution in [3.8, 4) is 0 Å². The van der Waals surface area contributed by atoms with Gasteiger partial charge in [-0.15, -0.1) is 0 Å². The summed E-state index contributed by atoms with van der Waals surface area (Å²) in [6.07, 6.45) is 3.75. The maximum Gasteiger partial charge on any atom is 0.309 e. The summed E-state index contributed by atoms with van der Waals surface area (Å²) in [6.45, 7) is 3.85. The lowest BCUT2D eigenvalue weighted by Crippen LogP contribution is -2.23. The molecule has 1 aliphatic rings. The Bertz CT molecular complexity index is 545. The molecule has 0 bridgehead atoms. The number of allylic oxidation sites excluding steroid dienone is 2. The number of methoxy groups -OCH3 is 1. The zero-order chi connectivity index (χ0) is 14.7. The minimum Gasteiger partial charge on any atom is -0.469 e. The largest absolute Gasteiger partial charge is 0.469 e. The Morgan fingerprint density at radius 3 is 2.60 bits per heavy atom. The number of benzene rings is 1. The van der Waals surface area contributed by atoms with Gasteiger partial charge < -0.3 is 4.74 Å². The minimum absolute atomic E-state index is 0.0181. The lowest BCUT2D eigenvalue weighted by atomic mass is 9.93. The van der Waals surface area contributed by atoms with Crippen molar-refractivity contribution in [3.05, 3.63) is 40.8 Å². The molecule has 0 saturated heterocycles. The quantitative estimate of drug-likeness (QED) is 0.800. The van der Waals surface area contributed by atoms with Gasteiger partial charge in [0.05, 0.1) is 23.8 Å². The van der Waals surface area contributed by atoms with Gasteiger partial charge in [0, 0.05) is 15.7 Å². The Kier molecular flexibility index (Phi) is 4.76. The van der Waals surface area contributed by atoms with Crippen LogP contribution in [0, 0.1) is 18.8 Å². The number of hydrogen-bond donors (Lipinski definition) is 0. The summed E-state index contributed by atoms with van der Waals surface area (Å²) in [5, 5.41) is 0. The van der Waals surface area contributed by atoms with Gasteiger partial charge in [-0.25, -0.2) is 4.21 Å². The van der Waals surface area contributed by atoms with Crippen LogP contribution in [0.25, 0.3) is 0 Å². The lowest BCUT2D eigenvalue weighted by Gasteiger charge is -2.20. The summed E-state index contributed by atoms with van der Waals surface area (Å²) in [5.74, 6) is -0.462. The van der Waals surface area contributed by atoms with Crippen LogP contribution in [0.15, 0.2) is 40.1 Å². The first-order chi connectivity index (χ1) is 9.54. The first-order valence-corrected chi connectivity index (χ1v) is 7.96. The molecular formula is C16H20O3S. The first-order valence-electron chi connectivity index (χ1n) is 6.81. The van der Waals surface area contributed by atoms with Crippen molar-refractivity contribution in [2.24, 2.45) is 11.8 Å². The molecule has 0 aliphatic heterocycles. The van der Waals surface area contributed by atoms with E-state index < -0.39 is 10.8 Å². The van der Waals surface area contributed by atoms with E-state index in [2.05, 4.69) is 0 Å². The highest BCUT2D eigenvalue weighted by molar-refractivity contribution is 7.89. The van der Waals surface area contributed by atoms with Crippen molar-refractivity contribution in [3.63, 3.8) is 0 Å². The molecule has 0 aromatic heterocycles. The van der Waals surface area contributed by atoms with Gasteiger partial charge in [-0.2, -0.15) is 0 Å². The van der Waals surface area contributed by atoms with Crippen LogP contribution in [-0.4, -0.2) is 17.3 Å². The molecule has 4 heteroatoms. The molecule has 0 radical (unpaired) electrons. The van der Waals surface area contributed by atoms with E-state index in [9.17, 15) is 9.00 Å². The fraction of sp³-hybridized carbons (Fsp3) is 0.438. The molecule has 108 valence electrons. The molecule has 0 amide bonds. The van der Waals surface area contributed by atoms with Crippen LogP contribution in [0.3, 0.4) is 0 Å². The first kappa shape index (κ1) is 15.0. The highest BCUT2D eigenvalue weighted by Gasteiger charge is 2.33. The van der Waals surface area contributed by atoms with Crippen LogP contribution in [0.1, 0.15) is 25.3 Å². The third kappa shape index (κ3) is 3.01. The molecule has 3 nitrogen and oxygen atoms in total. The number of carbonyl (C=O) groups is 1. The number of esters is 1. The Morgan fingerprint density at radius 1 is 1.35 bits per heavy atom. The predicted octanol–water partition coefficient (Wildman–Crippen LogP) is 3.21. The maximum atomic E-state index is 12.7. The molecule has 0 heterocycles. The Morgan fingerprint density at radius 2 is 2.00 bits per heavy atom. The van der Waals surface area contributed by atoms with Crippen LogP contribution in [0.2, 0.25) is 0 Å². The summed E-state index contributed by atoms with van der Waals surface area (Å²) in [6, 6.07) is 7.71. The molecule has 1 aromatic carbocycles. The number of hydrogen-bond acceptors (Lipinski definition) is 3. The van der Waals surface area contributed by atoms with E-state index in [0.717, 1.165) is 28.2 Å². The SMILES string of the molecule is COC(=O)[C@@H](C)[C@H]1CCC=C1S(=O)c1ccc(C)cc1. The molecule has 1 unspecified atom stereocenters.